The van der Waals surface area contributed by atoms with E-state index < -0.39 is 0 Å². The van der Waals surface area contributed by atoms with Gasteiger partial charge in [-0.3, -0.25) is 9.69 Å². The Morgan fingerprint density at radius 3 is 2.52 bits per heavy atom. The second-order valence-electron chi connectivity index (χ2n) is 10.3. The second kappa shape index (κ2) is 12.5. The number of anilines is 1. The molecule has 1 aliphatic rings. The van der Waals surface area contributed by atoms with E-state index in [1.54, 1.807) is 17.6 Å². The normalized spacial score (nSPS) is 13.4. The molecule has 6 rings (SSSR count). The van der Waals surface area contributed by atoms with Crippen LogP contribution in [-0.4, -0.2) is 40.7 Å². The van der Waals surface area contributed by atoms with Crippen molar-refractivity contribution in [3.8, 4) is 0 Å². The summed E-state index contributed by atoms with van der Waals surface area (Å²) in [6.07, 6.45) is 4.52. The van der Waals surface area contributed by atoms with Crippen molar-refractivity contribution in [1.29, 1.82) is 0 Å². The number of nitrogens with zero attached hydrogens (tertiary/aromatic N) is 3. The van der Waals surface area contributed by atoms with E-state index in [-0.39, 0.29) is 18.4 Å². The summed E-state index contributed by atoms with van der Waals surface area (Å²) in [5.41, 5.74) is 5.49. The first kappa shape index (κ1) is 27.6. The van der Waals surface area contributed by atoms with Crippen molar-refractivity contribution < 1.29 is 14.3 Å². The number of benzene rings is 3. The first-order valence-corrected chi connectivity index (χ1v) is 15.0. The number of fused-ring (bicyclic) bond motifs is 2. The van der Waals surface area contributed by atoms with Crippen LogP contribution in [0.4, 0.5) is 10.7 Å². The van der Waals surface area contributed by atoms with Crippen LogP contribution >= 0.6 is 11.3 Å². The summed E-state index contributed by atoms with van der Waals surface area (Å²) in [6, 6.07) is 27.8. The van der Waals surface area contributed by atoms with Crippen LogP contribution in [0, 0.1) is 0 Å². The predicted molar refractivity (Wildman–Crippen MR) is 169 cm³/mol. The molecule has 5 aromatic rings. The van der Waals surface area contributed by atoms with Crippen molar-refractivity contribution in [3.63, 3.8) is 0 Å². The lowest BCUT2D eigenvalue weighted by Crippen LogP contribution is -2.29. The number of hydrogen-bond donors (Lipinski definition) is 1. The largest absolute Gasteiger partial charge is 0.462 e. The summed E-state index contributed by atoms with van der Waals surface area (Å²) in [5.74, 6) is -0.431. The van der Waals surface area contributed by atoms with E-state index in [0.717, 1.165) is 58.6 Å². The topological polar surface area (TPSA) is 75.9 Å². The Kier molecular flexibility index (Phi) is 8.26. The Morgan fingerprint density at radius 2 is 1.74 bits per heavy atom. The fourth-order valence-corrected chi connectivity index (χ4v) is 6.66. The lowest BCUT2D eigenvalue weighted by atomic mass is 10.0. The fourth-order valence-electron chi connectivity index (χ4n) is 5.44. The summed E-state index contributed by atoms with van der Waals surface area (Å²) in [6.45, 7) is 4.81. The highest BCUT2D eigenvalue weighted by atomic mass is 32.1. The molecule has 2 aromatic heterocycles. The highest BCUT2D eigenvalue weighted by Crippen LogP contribution is 2.40. The number of esters is 1. The first-order chi connectivity index (χ1) is 20.6. The van der Waals surface area contributed by atoms with Crippen LogP contribution in [-0.2, 0) is 35.6 Å². The minimum Gasteiger partial charge on any atom is -0.462 e. The van der Waals surface area contributed by atoms with E-state index in [1.165, 1.54) is 5.56 Å². The summed E-state index contributed by atoms with van der Waals surface area (Å²) in [5, 5.41) is 4.61. The third-order valence-electron chi connectivity index (χ3n) is 7.36. The Hall–Kier alpha value is -4.53. The molecule has 1 N–H and O–H groups in total. The fraction of sp³-hybridized carbons (Fsp3) is 0.206. The molecule has 0 saturated heterocycles. The smallest absolute Gasteiger partial charge is 0.341 e. The zero-order valence-electron chi connectivity index (χ0n) is 23.5. The van der Waals surface area contributed by atoms with Gasteiger partial charge in [0.2, 0.25) is 5.91 Å². The van der Waals surface area contributed by atoms with Crippen LogP contribution in [0.25, 0.3) is 10.9 Å². The van der Waals surface area contributed by atoms with Gasteiger partial charge in [-0.2, -0.15) is 0 Å². The minimum atomic E-state index is -0.321. The van der Waals surface area contributed by atoms with E-state index in [4.69, 9.17) is 9.73 Å². The van der Waals surface area contributed by atoms with Crippen molar-refractivity contribution >= 4 is 51.0 Å². The van der Waals surface area contributed by atoms with Gasteiger partial charge in [0.15, 0.2) is 0 Å². The molecule has 0 unspecified atom stereocenters. The molecule has 0 saturated carbocycles. The number of thiophene rings is 1. The summed E-state index contributed by atoms with van der Waals surface area (Å²) in [7, 11) is 0. The zero-order valence-corrected chi connectivity index (χ0v) is 24.3. The molecule has 1 amide bonds. The summed E-state index contributed by atoms with van der Waals surface area (Å²) in [4.78, 5) is 34.4. The van der Waals surface area contributed by atoms with Gasteiger partial charge in [0.05, 0.1) is 12.2 Å². The van der Waals surface area contributed by atoms with Crippen molar-refractivity contribution in [2.75, 3.05) is 18.5 Å². The van der Waals surface area contributed by atoms with Crippen LogP contribution in [0.2, 0.25) is 0 Å². The highest BCUT2D eigenvalue weighted by Gasteiger charge is 2.28. The van der Waals surface area contributed by atoms with Crippen molar-refractivity contribution in [2.45, 2.75) is 33.0 Å². The van der Waals surface area contributed by atoms with E-state index >= 15 is 0 Å². The van der Waals surface area contributed by atoms with Gasteiger partial charge in [-0.15, -0.1) is 11.3 Å². The van der Waals surface area contributed by atoms with Crippen molar-refractivity contribution in [1.82, 2.24) is 9.47 Å². The molecule has 3 heterocycles. The molecule has 0 radical (unpaired) electrons. The molecule has 0 fully saturated rings. The number of amides is 1. The van der Waals surface area contributed by atoms with E-state index in [9.17, 15) is 9.59 Å². The molecular formula is C34H32N4O3S. The summed E-state index contributed by atoms with van der Waals surface area (Å²) < 4.78 is 7.40. The lowest BCUT2D eigenvalue weighted by molar-refractivity contribution is -0.116. The third kappa shape index (κ3) is 6.05. The maximum atomic E-state index is 13.1. The van der Waals surface area contributed by atoms with Gasteiger partial charge < -0.3 is 14.6 Å². The highest BCUT2D eigenvalue weighted by molar-refractivity contribution is 7.16. The number of nitrogens with one attached hydrogen (secondary N) is 1. The number of aliphatic imine (C=N–C) groups is 1. The van der Waals surface area contributed by atoms with Gasteiger partial charge in [0, 0.05) is 59.1 Å². The van der Waals surface area contributed by atoms with Crippen LogP contribution in [0.15, 0.2) is 96.1 Å². The number of carbonyl (C=O) groups is 2. The molecule has 0 aliphatic carbocycles. The van der Waals surface area contributed by atoms with Crippen LogP contribution in [0.5, 0.6) is 0 Å². The van der Waals surface area contributed by atoms with Crippen LogP contribution < -0.4 is 5.32 Å². The number of ether oxygens (including phenoxy) is 1. The van der Waals surface area contributed by atoms with Gasteiger partial charge in [-0.05, 0) is 42.7 Å². The monoisotopic (exact) mass is 576 g/mol. The average Bonchev–Trinajstić information content (AvgIpc) is 3.54. The third-order valence-corrected chi connectivity index (χ3v) is 8.48. The molecule has 0 atom stereocenters. The molecule has 1 aliphatic heterocycles. The van der Waals surface area contributed by atoms with Crippen molar-refractivity contribution in [3.05, 3.63) is 118 Å². The number of para-hydroxylation sites is 2. The average molecular weight is 577 g/mol. The zero-order chi connectivity index (χ0) is 28.9. The Morgan fingerprint density at radius 1 is 1.00 bits per heavy atom. The molecule has 3 aromatic carbocycles. The number of aromatic nitrogens is 1. The standard InChI is InChI=1S/C34H32N4O3S/c1-2-41-34(40)32-28-17-18-37(20-24-11-5-3-6-12-24)22-30(28)42-33(32)35-19-25-21-38(29-16-10-9-15-27(25)29)23-31(39)36-26-13-7-4-8-14-26/h3-16,19,21H,2,17-18,20,22-23H2,1H3,(H,36,39). The number of hydrogen-bond acceptors (Lipinski definition) is 6. The quantitative estimate of drug-likeness (QED) is 0.154. The lowest BCUT2D eigenvalue weighted by Gasteiger charge is -2.27. The Labute approximate surface area is 249 Å². The van der Waals surface area contributed by atoms with E-state index in [1.807, 2.05) is 78.4 Å². The van der Waals surface area contributed by atoms with Gasteiger partial charge in [0.1, 0.15) is 11.5 Å². The van der Waals surface area contributed by atoms with Gasteiger partial charge in [0.25, 0.3) is 0 Å². The molecule has 42 heavy (non-hydrogen) atoms. The molecule has 8 heteroatoms. The van der Waals surface area contributed by atoms with Crippen molar-refractivity contribution in [2.24, 2.45) is 4.99 Å². The number of carbonyl (C=O) groups excluding carboxylic acids is 2. The number of rotatable bonds is 9. The molecular weight excluding hydrogens is 544 g/mol. The molecule has 0 spiro atoms. The van der Waals surface area contributed by atoms with Gasteiger partial charge in [-0.25, -0.2) is 9.79 Å². The molecule has 0 bridgehead atoms. The van der Waals surface area contributed by atoms with E-state index in [0.29, 0.717) is 17.2 Å². The molecule has 212 valence electrons. The maximum Gasteiger partial charge on any atom is 0.341 e. The first-order valence-electron chi connectivity index (χ1n) is 14.1. The minimum absolute atomic E-state index is 0.110. The Bertz CT molecular complexity index is 1740. The molecule has 7 nitrogen and oxygen atoms in total. The maximum absolute atomic E-state index is 13.1. The van der Waals surface area contributed by atoms with E-state index in [2.05, 4.69) is 34.5 Å². The Balaban J connectivity index is 1.28. The van der Waals surface area contributed by atoms with Crippen LogP contribution in [0.3, 0.4) is 0 Å². The SMILES string of the molecule is CCOC(=O)c1c(N=Cc2cn(CC(=O)Nc3ccccc3)c3ccccc23)sc2c1CCN(Cc1ccccc1)C2. The van der Waals surface area contributed by atoms with Gasteiger partial charge >= 0.3 is 5.97 Å². The predicted octanol–water partition coefficient (Wildman–Crippen LogP) is 6.83. The van der Waals surface area contributed by atoms with Gasteiger partial charge in [-0.1, -0.05) is 66.7 Å². The van der Waals surface area contributed by atoms with Crippen LogP contribution in [0.1, 0.15) is 38.8 Å². The summed E-state index contributed by atoms with van der Waals surface area (Å²) >= 11 is 1.56. The second-order valence-corrected chi connectivity index (χ2v) is 11.3.